The first-order valence-corrected chi connectivity index (χ1v) is 27.1. The summed E-state index contributed by atoms with van der Waals surface area (Å²) in [6, 6.07) is 13.9. The van der Waals surface area contributed by atoms with Crippen LogP contribution in [0.4, 0.5) is 4.79 Å². The van der Waals surface area contributed by atoms with E-state index in [1.165, 1.54) is 0 Å². The maximum atomic E-state index is 14.5. The molecule has 2 aromatic rings. The maximum absolute atomic E-state index is 14.5. The third kappa shape index (κ3) is 30.4. The van der Waals surface area contributed by atoms with Gasteiger partial charge in [-0.2, -0.15) is 0 Å². The van der Waals surface area contributed by atoms with Gasteiger partial charge in [0, 0.05) is 103 Å². The molecule has 0 bridgehead atoms. The second-order valence-electron chi connectivity index (χ2n) is 19.8. The largest absolute Gasteiger partial charge is 0.481 e. The Hall–Kier alpha value is -8.21. The molecule has 1 aliphatic heterocycles. The fraction of sp³-hybridized carbons (Fsp3) is 0.545. The summed E-state index contributed by atoms with van der Waals surface area (Å²) in [5.74, 6) is -8.22. The van der Waals surface area contributed by atoms with E-state index < -0.39 is 90.7 Å². The minimum atomic E-state index is -1.53. The number of ketones is 3. The van der Waals surface area contributed by atoms with E-state index in [2.05, 4.69) is 26.0 Å². The Labute approximate surface area is 479 Å². The molecule has 2 unspecified atom stereocenters. The standard InChI is InChI=1S/C55H76N8O20/c64-36-81-35-63-26-24-60(20-21-61(33-51(73)74)22-23-62(25-27-63)34-52(75)76)32-43(68)30-41(28-39-8-3-1-4-9-39)53(77)57-46(29-40-10-5-2-6-11-40)47(69)31-44(82-37-65)14-16-48(70)56-19-7-12-42(67)13-15-45(54(78)79)58-55(80)59-49(83-38-66)17-18-50(71)72/h1-6,8-11,36-38,41,44-46,49H,7,12-35H2,(H,56,70)(H,57,77)(H,71,72)(H,73,74)(H,75,76)(H,78,79)(H2,58,59,80)/t41?,44-,45-,46?,49+/m0/s1. The molecule has 1 saturated heterocycles. The number of carboxylic acid groups (broad SMARTS) is 4. The first-order valence-electron chi connectivity index (χ1n) is 27.1. The van der Waals surface area contributed by atoms with Crippen LogP contribution in [0.15, 0.2) is 60.7 Å². The van der Waals surface area contributed by atoms with Gasteiger partial charge in [-0.05, 0) is 43.2 Å². The van der Waals surface area contributed by atoms with Gasteiger partial charge in [-0.3, -0.25) is 72.3 Å². The van der Waals surface area contributed by atoms with Crippen molar-refractivity contribution in [2.24, 2.45) is 5.92 Å². The summed E-state index contributed by atoms with van der Waals surface area (Å²) in [5.41, 5.74) is 1.40. The molecule has 0 aromatic heterocycles. The molecule has 28 nitrogen and oxygen atoms in total. The smallest absolute Gasteiger partial charge is 0.326 e. The molecule has 1 fully saturated rings. The van der Waals surface area contributed by atoms with Gasteiger partial charge < -0.3 is 55.9 Å². The van der Waals surface area contributed by atoms with Crippen molar-refractivity contribution < 1.29 is 97.0 Å². The number of nitrogens with one attached hydrogen (secondary N) is 4. The predicted octanol–water partition coefficient (Wildman–Crippen LogP) is -0.304. The molecule has 0 aliphatic carbocycles. The number of hydrogen-bond acceptors (Lipinski definition) is 20. The highest BCUT2D eigenvalue weighted by molar-refractivity contribution is 5.93. The van der Waals surface area contributed by atoms with E-state index in [0.29, 0.717) is 5.56 Å². The summed E-state index contributed by atoms with van der Waals surface area (Å²) in [7, 11) is 0. The van der Waals surface area contributed by atoms with Gasteiger partial charge in [0.1, 0.15) is 30.4 Å². The van der Waals surface area contributed by atoms with Crippen LogP contribution in [0.5, 0.6) is 0 Å². The van der Waals surface area contributed by atoms with Crippen LogP contribution in [0.2, 0.25) is 0 Å². The molecule has 0 radical (unpaired) electrons. The fourth-order valence-corrected chi connectivity index (χ4v) is 8.92. The van der Waals surface area contributed by atoms with Crippen LogP contribution in [0.1, 0.15) is 75.3 Å². The summed E-state index contributed by atoms with van der Waals surface area (Å²) < 4.78 is 14.9. The van der Waals surface area contributed by atoms with E-state index in [1.54, 1.807) is 75.4 Å². The topological polar surface area (TPSA) is 392 Å². The van der Waals surface area contributed by atoms with Crippen LogP contribution in [0.3, 0.4) is 0 Å². The molecule has 4 amide bonds. The number of hydrogen-bond donors (Lipinski definition) is 8. The molecule has 3 rings (SSSR count). The molecule has 28 heteroatoms. The third-order valence-electron chi connectivity index (χ3n) is 13.3. The molecule has 5 atom stereocenters. The number of carbonyl (C=O) groups excluding carboxylic acids is 9. The number of aliphatic carboxylic acids is 4. The Balaban J connectivity index is 1.67. The SMILES string of the molecule is O=COCN1CCN(CC(=O)O)CCN(CC(=O)O)CCN(CC(=O)CC(Cc2ccccc2)C(=O)NC(Cc2ccccc2)C(=O)C[C@H](CCC(=O)NCCCC(=O)CC[C@H](NC(=O)N[C@@H](CCC(=O)O)OC=O)C(=O)O)OC=O)CC1. The van der Waals surface area contributed by atoms with E-state index in [1.807, 2.05) is 4.90 Å². The van der Waals surface area contributed by atoms with Crippen LogP contribution < -0.4 is 21.3 Å². The van der Waals surface area contributed by atoms with Crippen LogP contribution in [-0.2, 0) is 84.6 Å². The second kappa shape index (κ2) is 39.3. The molecule has 83 heavy (non-hydrogen) atoms. The summed E-state index contributed by atoms with van der Waals surface area (Å²) in [6.07, 6.45) is -4.61. The van der Waals surface area contributed by atoms with Crippen molar-refractivity contribution in [1.82, 2.24) is 40.9 Å². The predicted molar refractivity (Wildman–Crippen MR) is 291 cm³/mol. The van der Waals surface area contributed by atoms with Gasteiger partial charge in [0.25, 0.3) is 19.4 Å². The summed E-state index contributed by atoms with van der Waals surface area (Å²) in [4.78, 5) is 167. The van der Waals surface area contributed by atoms with E-state index in [-0.39, 0.29) is 180 Å². The van der Waals surface area contributed by atoms with Crippen molar-refractivity contribution >= 4 is 78.5 Å². The number of ether oxygens (including phenoxy) is 3. The average Bonchev–Trinajstić information content (AvgIpc) is 3.56. The molecular formula is C55H76N8O20. The Morgan fingerprint density at radius 3 is 1.61 bits per heavy atom. The minimum Gasteiger partial charge on any atom is -0.481 e. The lowest BCUT2D eigenvalue weighted by atomic mass is 9.91. The zero-order valence-electron chi connectivity index (χ0n) is 46.2. The molecule has 1 heterocycles. The number of carbonyl (C=O) groups is 13. The van der Waals surface area contributed by atoms with Crippen LogP contribution in [0, 0.1) is 5.92 Å². The Morgan fingerprint density at radius 2 is 1.08 bits per heavy atom. The molecule has 0 spiro atoms. The monoisotopic (exact) mass is 1170 g/mol. The van der Waals surface area contributed by atoms with Crippen molar-refractivity contribution in [3.8, 4) is 0 Å². The first-order chi connectivity index (χ1) is 39.8. The number of amides is 4. The molecule has 8 N–H and O–H groups in total. The van der Waals surface area contributed by atoms with Crippen molar-refractivity contribution in [2.75, 3.05) is 85.3 Å². The molecule has 1 aliphatic rings. The number of rotatable bonds is 40. The van der Waals surface area contributed by atoms with Gasteiger partial charge >= 0.3 is 29.9 Å². The van der Waals surface area contributed by atoms with Gasteiger partial charge in [-0.15, -0.1) is 0 Å². The number of Topliss-reactive ketones (excluding diaryl/α,β-unsaturated/α-hetero) is 3. The number of benzene rings is 2. The first kappa shape index (κ1) is 69.1. The lowest BCUT2D eigenvalue weighted by Crippen LogP contribution is -2.49. The Kier molecular flexibility index (Phi) is 32.7. The van der Waals surface area contributed by atoms with Gasteiger partial charge in [-0.25, -0.2) is 9.59 Å². The lowest BCUT2D eigenvalue weighted by Gasteiger charge is -2.33. The van der Waals surface area contributed by atoms with E-state index >= 15 is 0 Å². The lowest BCUT2D eigenvalue weighted by molar-refractivity contribution is -0.141. The van der Waals surface area contributed by atoms with Gasteiger partial charge in [0.2, 0.25) is 11.8 Å². The molecule has 2 aromatic carbocycles. The van der Waals surface area contributed by atoms with E-state index in [9.17, 15) is 77.6 Å². The zero-order chi connectivity index (χ0) is 60.9. The van der Waals surface area contributed by atoms with Gasteiger partial charge in [0.05, 0.1) is 32.1 Å². The van der Waals surface area contributed by atoms with Gasteiger partial charge in [0.15, 0.2) is 12.0 Å². The van der Waals surface area contributed by atoms with Crippen molar-refractivity contribution in [1.29, 1.82) is 0 Å². The van der Waals surface area contributed by atoms with Crippen molar-refractivity contribution in [3.05, 3.63) is 71.8 Å². The van der Waals surface area contributed by atoms with E-state index in [4.69, 9.17) is 14.6 Å². The molecule has 0 saturated carbocycles. The van der Waals surface area contributed by atoms with Crippen LogP contribution in [0.25, 0.3) is 0 Å². The second-order valence-corrected chi connectivity index (χ2v) is 19.8. The van der Waals surface area contributed by atoms with Crippen molar-refractivity contribution in [2.45, 2.75) is 101 Å². The highest BCUT2D eigenvalue weighted by Gasteiger charge is 2.31. The van der Waals surface area contributed by atoms with Crippen LogP contribution in [-0.4, -0.2) is 228 Å². The van der Waals surface area contributed by atoms with Gasteiger partial charge in [-0.1, -0.05) is 60.7 Å². The highest BCUT2D eigenvalue weighted by atomic mass is 16.5. The summed E-state index contributed by atoms with van der Waals surface area (Å²) >= 11 is 0. The minimum absolute atomic E-state index is 0.0120. The number of carboxylic acids is 4. The molecular weight excluding hydrogens is 1090 g/mol. The summed E-state index contributed by atoms with van der Waals surface area (Å²) in [6.45, 7) is 1.46. The van der Waals surface area contributed by atoms with Crippen molar-refractivity contribution in [3.63, 3.8) is 0 Å². The Morgan fingerprint density at radius 1 is 0.530 bits per heavy atom. The Bertz CT molecular complexity index is 2440. The quantitative estimate of drug-likeness (QED) is 0.0184. The third-order valence-corrected chi connectivity index (χ3v) is 13.3. The summed E-state index contributed by atoms with van der Waals surface area (Å²) in [5, 5.41) is 47.4. The fourth-order valence-electron chi connectivity index (χ4n) is 8.92. The average molecular weight is 1170 g/mol. The number of urea groups is 1. The normalized spacial score (nSPS) is 15.6. The zero-order valence-corrected chi connectivity index (χ0v) is 46.2. The van der Waals surface area contributed by atoms with Crippen LogP contribution >= 0.6 is 0 Å². The van der Waals surface area contributed by atoms with E-state index in [0.717, 1.165) is 5.56 Å². The number of nitrogens with zero attached hydrogens (tertiary/aromatic N) is 4. The maximum Gasteiger partial charge on any atom is 0.326 e. The molecule has 456 valence electrons. The highest BCUT2D eigenvalue weighted by Crippen LogP contribution is 2.18.